The molecule has 2 rings (SSSR count). The molecule has 3 N–H and O–H groups in total. The third-order valence-corrected chi connectivity index (χ3v) is 3.07. The zero-order valence-electron chi connectivity index (χ0n) is 8.27. The first-order chi connectivity index (χ1) is 7.59. The topological polar surface area (TPSA) is 81.8 Å². The quantitative estimate of drug-likeness (QED) is 0.871. The van der Waals surface area contributed by atoms with E-state index in [2.05, 4.69) is 15.9 Å². The Balaban J connectivity index is 2.33. The van der Waals surface area contributed by atoms with Crippen LogP contribution >= 0.6 is 15.9 Å². The standard InChI is InChI=1S/C10H10BrNO4/c11-6-1-2-8-9(16-4-15-8)5(6)3-7(12)10(13)14/h1-2,7H,3-4,12H2,(H,13,14). The molecule has 1 aliphatic rings. The van der Waals surface area contributed by atoms with Gasteiger partial charge in [-0.3, -0.25) is 4.79 Å². The number of fused-ring (bicyclic) bond motifs is 1. The average Bonchev–Trinajstić information content (AvgIpc) is 2.70. The lowest BCUT2D eigenvalue weighted by atomic mass is 10.1. The van der Waals surface area contributed by atoms with Crippen molar-refractivity contribution in [1.82, 2.24) is 0 Å². The van der Waals surface area contributed by atoms with Gasteiger partial charge in [0.25, 0.3) is 0 Å². The van der Waals surface area contributed by atoms with E-state index in [1.54, 1.807) is 12.1 Å². The summed E-state index contributed by atoms with van der Waals surface area (Å²) in [5, 5.41) is 8.77. The SMILES string of the molecule is NC(Cc1c(Br)ccc2c1OCO2)C(=O)O. The lowest BCUT2D eigenvalue weighted by Crippen LogP contribution is -2.32. The number of carbonyl (C=O) groups is 1. The zero-order valence-corrected chi connectivity index (χ0v) is 9.86. The van der Waals surface area contributed by atoms with Crippen LogP contribution in [0.2, 0.25) is 0 Å². The summed E-state index contributed by atoms with van der Waals surface area (Å²) in [6, 6.07) is 2.60. The normalized spacial score (nSPS) is 14.9. The number of benzene rings is 1. The largest absolute Gasteiger partial charge is 0.480 e. The van der Waals surface area contributed by atoms with Crippen LogP contribution in [0, 0.1) is 0 Å². The van der Waals surface area contributed by atoms with Gasteiger partial charge in [0.2, 0.25) is 6.79 Å². The first-order valence-electron chi connectivity index (χ1n) is 4.65. The van der Waals surface area contributed by atoms with Gasteiger partial charge in [0.05, 0.1) is 0 Å². The summed E-state index contributed by atoms with van der Waals surface area (Å²) in [5.41, 5.74) is 6.22. The second-order valence-electron chi connectivity index (χ2n) is 3.41. The predicted octanol–water partition coefficient (Wildman–Crippen LogP) is 1.13. The molecule has 0 saturated carbocycles. The molecule has 0 bridgehead atoms. The summed E-state index contributed by atoms with van der Waals surface area (Å²) in [7, 11) is 0. The molecule has 0 saturated heterocycles. The van der Waals surface area contributed by atoms with E-state index in [-0.39, 0.29) is 13.2 Å². The number of hydrogen-bond donors (Lipinski definition) is 2. The Morgan fingerprint density at radius 2 is 2.31 bits per heavy atom. The first-order valence-corrected chi connectivity index (χ1v) is 5.44. The molecular formula is C10H10BrNO4. The van der Waals surface area contributed by atoms with E-state index in [9.17, 15) is 4.79 Å². The first kappa shape index (κ1) is 11.2. The molecule has 1 heterocycles. The van der Waals surface area contributed by atoms with E-state index < -0.39 is 12.0 Å². The fourth-order valence-electron chi connectivity index (χ4n) is 1.50. The van der Waals surface area contributed by atoms with Gasteiger partial charge >= 0.3 is 5.97 Å². The van der Waals surface area contributed by atoms with Gasteiger partial charge in [0.15, 0.2) is 11.5 Å². The van der Waals surface area contributed by atoms with Crippen molar-refractivity contribution >= 4 is 21.9 Å². The van der Waals surface area contributed by atoms with Crippen molar-refractivity contribution in [1.29, 1.82) is 0 Å². The smallest absolute Gasteiger partial charge is 0.320 e. The van der Waals surface area contributed by atoms with E-state index in [1.807, 2.05) is 0 Å². The van der Waals surface area contributed by atoms with Crippen molar-refractivity contribution in [3.63, 3.8) is 0 Å². The van der Waals surface area contributed by atoms with E-state index in [0.29, 0.717) is 11.5 Å². The Hall–Kier alpha value is -1.27. The lowest BCUT2D eigenvalue weighted by molar-refractivity contribution is -0.138. The number of carboxylic acids is 1. The second kappa shape index (κ2) is 4.31. The summed E-state index contributed by atoms with van der Waals surface area (Å²) in [6.45, 7) is 0.154. The molecular weight excluding hydrogens is 278 g/mol. The number of nitrogens with two attached hydrogens (primary N) is 1. The van der Waals surface area contributed by atoms with E-state index in [1.165, 1.54) is 0 Å². The Morgan fingerprint density at radius 1 is 1.56 bits per heavy atom. The number of carboxylic acid groups (broad SMARTS) is 1. The molecule has 1 aliphatic heterocycles. The van der Waals surface area contributed by atoms with Crippen molar-refractivity contribution in [3.8, 4) is 11.5 Å². The summed E-state index contributed by atoms with van der Waals surface area (Å²) in [6.07, 6.45) is 0.197. The highest BCUT2D eigenvalue weighted by Gasteiger charge is 2.23. The van der Waals surface area contributed by atoms with E-state index >= 15 is 0 Å². The van der Waals surface area contributed by atoms with Gasteiger partial charge in [0, 0.05) is 16.5 Å². The molecule has 6 heteroatoms. The Morgan fingerprint density at radius 3 is 3.00 bits per heavy atom. The van der Waals surface area contributed by atoms with Crippen molar-refractivity contribution < 1.29 is 19.4 Å². The highest BCUT2D eigenvalue weighted by atomic mass is 79.9. The van der Waals surface area contributed by atoms with Crippen LogP contribution in [0.5, 0.6) is 11.5 Å². The molecule has 1 unspecified atom stereocenters. The van der Waals surface area contributed by atoms with Crippen LogP contribution < -0.4 is 15.2 Å². The van der Waals surface area contributed by atoms with Crippen LogP contribution in [0.4, 0.5) is 0 Å². The number of hydrogen-bond acceptors (Lipinski definition) is 4. The maximum atomic E-state index is 10.7. The van der Waals surface area contributed by atoms with Crippen molar-refractivity contribution in [3.05, 3.63) is 22.2 Å². The Labute approximate surface area is 100 Å². The molecule has 1 aromatic rings. The second-order valence-corrected chi connectivity index (χ2v) is 4.26. The van der Waals surface area contributed by atoms with Crippen LogP contribution in [0.25, 0.3) is 0 Å². The summed E-state index contributed by atoms with van der Waals surface area (Å²) >= 11 is 3.34. The minimum Gasteiger partial charge on any atom is -0.480 e. The number of halogens is 1. The molecule has 0 fully saturated rings. The number of rotatable bonds is 3. The summed E-state index contributed by atoms with van der Waals surface area (Å²) < 4.78 is 11.3. The van der Waals surface area contributed by atoms with E-state index in [0.717, 1.165) is 10.0 Å². The lowest BCUT2D eigenvalue weighted by Gasteiger charge is -2.11. The molecule has 1 atom stereocenters. The maximum Gasteiger partial charge on any atom is 0.320 e. The highest BCUT2D eigenvalue weighted by Crippen LogP contribution is 2.39. The van der Waals surface area contributed by atoms with Crippen molar-refractivity contribution in [2.45, 2.75) is 12.5 Å². The van der Waals surface area contributed by atoms with Gasteiger partial charge in [0.1, 0.15) is 6.04 Å². The van der Waals surface area contributed by atoms with Gasteiger partial charge in [-0.1, -0.05) is 15.9 Å². The molecule has 16 heavy (non-hydrogen) atoms. The Kier molecular flexibility index (Phi) is 3.02. The molecule has 0 aliphatic carbocycles. The molecule has 1 aromatic carbocycles. The van der Waals surface area contributed by atoms with Crippen molar-refractivity contribution in [2.24, 2.45) is 5.73 Å². The number of ether oxygens (including phenoxy) is 2. The predicted molar refractivity (Wildman–Crippen MR) is 59.6 cm³/mol. The van der Waals surface area contributed by atoms with E-state index in [4.69, 9.17) is 20.3 Å². The van der Waals surface area contributed by atoms with Gasteiger partial charge < -0.3 is 20.3 Å². The van der Waals surface area contributed by atoms with Crippen LogP contribution in [0.3, 0.4) is 0 Å². The molecule has 5 nitrogen and oxygen atoms in total. The van der Waals surface area contributed by atoms with Gasteiger partial charge in [-0.15, -0.1) is 0 Å². The molecule has 0 spiro atoms. The van der Waals surface area contributed by atoms with Crippen LogP contribution in [0.1, 0.15) is 5.56 Å². The average molecular weight is 288 g/mol. The van der Waals surface area contributed by atoms with Gasteiger partial charge in [-0.25, -0.2) is 0 Å². The van der Waals surface area contributed by atoms with Gasteiger partial charge in [-0.05, 0) is 12.1 Å². The molecule has 0 radical (unpaired) electrons. The fraction of sp³-hybridized carbons (Fsp3) is 0.300. The fourth-order valence-corrected chi connectivity index (χ4v) is 1.98. The zero-order chi connectivity index (χ0) is 11.7. The highest BCUT2D eigenvalue weighted by molar-refractivity contribution is 9.10. The minimum atomic E-state index is -1.04. The van der Waals surface area contributed by atoms with Crippen LogP contribution in [0.15, 0.2) is 16.6 Å². The van der Waals surface area contributed by atoms with Crippen LogP contribution in [-0.2, 0) is 11.2 Å². The molecule has 0 aromatic heterocycles. The van der Waals surface area contributed by atoms with Crippen molar-refractivity contribution in [2.75, 3.05) is 6.79 Å². The molecule has 86 valence electrons. The van der Waals surface area contributed by atoms with Crippen LogP contribution in [-0.4, -0.2) is 23.9 Å². The third-order valence-electron chi connectivity index (χ3n) is 2.33. The summed E-state index contributed by atoms with van der Waals surface area (Å²) in [5.74, 6) is 0.158. The number of aliphatic carboxylic acids is 1. The summed E-state index contributed by atoms with van der Waals surface area (Å²) in [4.78, 5) is 10.7. The molecule has 0 amide bonds. The maximum absolute atomic E-state index is 10.7. The third kappa shape index (κ3) is 1.98. The monoisotopic (exact) mass is 287 g/mol. The minimum absolute atomic E-state index is 0.154. The Bertz CT molecular complexity index is 435. The van der Waals surface area contributed by atoms with Gasteiger partial charge in [-0.2, -0.15) is 0 Å².